The van der Waals surface area contributed by atoms with E-state index in [0.29, 0.717) is 13.1 Å². The van der Waals surface area contributed by atoms with E-state index >= 15 is 0 Å². The van der Waals surface area contributed by atoms with E-state index in [1.165, 1.54) is 0 Å². The van der Waals surface area contributed by atoms with Crippen molar-refractivity contribution in [2.24, 2.45) is 5.73 Å². The maximum absolute atomic E-state index is 5.49. The van der Waals surface area contributed by atoms with Crippen LogP contribution in [0.1, 0.15) is 11.3 Å². The van der Waals surface area contributed by atoms with Crippen LogP contribution in [-0.4, -0.2) is 18.5 Å². The van der Waals surface area contributed by atoms with Crippen molar-refractivity contribution in [3.8, 4) is 12.3 Å². The van der Waals surface area contributed by atoms with Gasteiger partial charge >= 0.3 is 0 Å². The van der Waals surface area contributed by atoms with E-state index in [9.17, 15) is 0 Å². The standard InChI is InChI=1S/C10H14N2O/c1-3-5-12(2)8-9-4-6-13-10(9)7-11/h1,4,6H,5,7-8,11H2,2H3. The molecule has 3 nitrogen and oxygen atoms in total. The molecule has 1 aromatic rings. The Balaban J connectivity index is 2.58. The molecule has 0 aromatic carbocycles. The predicted molar refractivity (Wildman–Crippen MR) is 51.8 cm³/mol. The molecule has 1 rings (SSSR count). The summed E-state index contributed by atoms with van der Waals surface area (Å²) in [5, 5.41) is 0. The number of hydrogen-bond donors (Lipinski definition) is 1. The summed E-state index contributed by atoms with van der Waals surface area (Å²) in [7, 11) is 1.97. The van der Waals surface area contributed by atoms with Gasteiger partial charge in [0.1, 0.15) is 5.76 Å². The van der Waals surface area contributed by atoms with Crippen LogP contribution in [0.3, 0.4) is 0 Å². The highest BCUT2D eigenvalue weighted by Gasteiger charge is 2.06. The predicted octanol–water partition coefficient (Wildman–Crippen LogP) is 0.803. The van der Waals surface area contributed by atoms with Crippen molar-refractivity contribution in [2.75, 3.05) is 13.6 Å². The van der Waals surface area contributed by atoms with Gasteiger partial charge in [0, 0.05) is 12.1 Å². The fourth-order valence-electron chi connectivity index (χ4n) is 1.19. The third-order valence-electron chi connectivity index (χ3n) is 1.82. The van der Waals surface area contributed by atoms with Gasteiger partial charge in [-0.1, -0.05) is 5.92 Å². The molecule has 0 bridgehead atoms. The third kappa shape index (κ3) is 2.62. The Kier molecular flexibility index (Phi) is 3.56. The Hall–Kier alpha value is -1.24. The van der Waals surface area contributed by atoms with Crippen LogP contribution < -0.4 is 5.73 Å². The van der Waals surface area contributed by atoms with E-state index in [2.05, 4.69) is 5.92 Å². The van der Waals surface area contributed by atoms with E-state index in [-0.39, 0.29) is 0 Å². The first-order valence-electron chi connectivity index (χ1n) is 4.15. The van der Waals surface area contributed by atoms with Crippen LogP contribution in [-0.2, 0) is 13.1 Å². The molecule has 2 N–H and O–H groups in total. The van der Waals surface area contributed by atoms with Crippen LogP contribution in [0.4, 0.5) is 0 Å². The molecule has 0 spiro atoms. The lowest BCUT2D eigenvalue weighted by Gasteiger charge is -2.12. The summed E-state index contributed by atoms with van der Waals surface area (Å²) >= 11 is 0. The van der Waals surface area contributed by atoms with Crippen LogP contribution in [0.2, 0.25) is 0 Å². The molecule has 1 aromatic heterocycles. The van der Waals surface area contributed by atoms with Gasteiger partial charge in [0.2, 0.25) is 0 Å². The second-order valence-corrected chi connectivity index (χ2v) is 2.95. The van der Waals surface area contributed by atoms with Gasteiger partial charge in [0.05, 0.1) is 19.4 Å². The molecule has 0 aliphatic rings. The lowest BCUT2D eigenvalue weighted by Crippen LogP contribution is -2.18. The molecule has 0 atom stereocenters. The van der Waals surface area contributed by atoms with Gasteiger partial charge in [-0.25, -0.2) is 0 Å². The maximum Gasteiger partial charge on any atom is 0.121 e. The SMILES string of the molecule is C#CCN(C)Cc1ccoc1CN. The summed E-state index contributed by atoms with van der Waals surface area (Å²) in [6, 6.07) is 1.93. The number of nitrogens with two attached hydrogens (primary N) is 1. The summed E-state index contributed by atoms with van der Waals surface area (Å²) in [5.74, 6) is 3.42. The molecule has 3 heteroatoms. The average Bonchev–Trinajstić information content (AvgIpc) is 2.52. The molecular formula is C10H14N2O. The van der Waals surface area contributed by atoms with E-state index in [0.717, 1.165) is 17.9 Å². The quantitative estimate of drug-likeness (QED) is 0.693. The number of rotatable bonds is 4. The molecule has 0 unspecified atom stereocenters. The minimum absolute atomic E-state index is 0.437. The molecule has 0 fully saturated rings. The zero-order valence-corrected chi connectivity index (χ0v) is 7.79. The molecule has 1 heterocycles. The second kappa shape index (κ2) is 4.70. The highest BCUT2D eigenvalue weighted by Crippen LogP contribution is 2.11. The van der Waals surface area contributed by atoms with Crippen LogP contribution in [0.5, 0.6) is 0 Å². The summed E-state index contributed by atoms with van der Waals surface area (Å²) < 4.78 is 5.19. The zero-order valence-electron chi connectivity index (χ0n) is 7.79. The van der Waals surface area contributed by atoms with Gasteiger partial charge in [-0.3, -0.25) is 4.90 Å². The fourth-order valence-corrected chi connectivity index (χ4v) is 1.19. The average molecular weight is 178 g/mol. The van der Waals surface area contributed by atoms with Crippen LogP contribution in [0.25, 0.3) is 0 Å². The topological polar surface area (TPSA) is 42.4 Å². The Morgan fingerprint density at radius 3 is 3.08 bits per heavy atom. The Morgan fingerprint density at radius 2 is 2.46 bits per heavy atom. The van der Waals surface area contributed by atoms with Crippen LogP contribution >= 0.6 is 0 Å². The minimum Gasteiger partial charge on any atom is -0.468 e. The smallest absolute Gasteiger partial charge is 0.121 e. The summed E-state index contributed by atoms with van der Waals surface area (Å²) in [6.07, 6.45) is 6.84. The fraction of sp³-hybridized carbons (Fsp3) is 0.400. The van der Waals surface area contributed by atoms with Crippen molar-refractivity contribution in [1.82, 2.24) is 4.90 Å². The highest BCUT2D eigenvalue weighted by molar-refractivity contribution is 5.16. The monoisotopic (exact) mass is 178 g/mol. The van der Waals surface area contributed by atoms with E-state index in [4.69, 9.17) is 16.6 Å². The summed E-state index contributed by atoms with van der Waals surface area (Å²) in [4.78, 5) is 2.03. The van der Waals surface area contributed by atoms with Gasteiger partial charge in [0.25, 0.3) is 0 Å². The Bertz CT molecular complexity index is 298. The normalized spacial score (nSPS) is 10.3. The van der Waals surface area contributed by atoms with Crippen LogP contribution in [0.15, 0.2) is 16.7 Å². The van der Waals surface area contributed by atoms with Gasteiger partial charge in [-0.2, -0.15) is 0 Å². The molecule has 70 valence electrons. The molecule has 0 amide bonds. The lowest BCUT2D eigenvalue weighted by atomic mass is 10.2. The van der Waals surface area contributed by atoms with Crippen molar-refractivity contribution in [3.63, 3.8) is 0 Å². The van der Waals surface area contributed by atoms with Gasteiger partial charge in [0.15, 0.2) is 0 Å². The van der Waals surface area contributed by atoms with Gasteiger partial charge < -0.3 is 10.2 Å². The first kappa shape index (κ1) is 9.85. The van der Waals surface area contributed by atoms with E-state index < -0.39 is 0 Å². The van der Waals surface area contributed by atoms with E-state index in [1.807, 2.05) is 18.0 Å². The summed E-state index contributed by atoms with van der Waals surface area (Å²) in [5.41, 5.74) is 6.60. The second-order valence-electron chi connectivity index (χ2n) is 2.95. The zero-order chi connectivity index (χ0) is 9.68. The van der Waals surface area contributed by atoms with Crippen LogP contribution in [0, 0.1) is 12.3 Å². The first-order valence-corrected chi connectivity index (χ1v) is 4.15. The highest BCUT2D eigenvalue weighted by atomic mass is 16.3. The number of hydrogen-bond acceptors (Lipinski definition) is 3. The molecule has 0 saturated heterocycles. The molecule has 0 saturated carbocycles. The Morgan fingerprint density at radius 1 is 1.69 bits per heavy atom. The van der Waals surface area contributed by atoms with E-state index in [1.54, 1.807) is 6.26 Å². The molecule has 0 aliphatic carbocycles. The summed E-state index contributed by atoms with van der Waals surface area (Å²) in [6.45, 7) is 1.86. The largest absolute Gasteiger partial charge is 0.468 e. The molecule has 0 radical (unpaired) electrons. The van der Waals surface area contributed by atoms with Crippen molar-refractivity contribution < 1.29 is 4.42 Å². The van der Waals surface area contributed by atoms with Crippen molar-refractivity contribution in [1.29, 1.82) is 0 Å². The van der Waals surface area contributed by atoms with Crippen molar-refractivity contribution in [2.45, 2.75) is 13.1 Å². The Labute approximate surface area is 78.5 Å². The molecule has 0 aliphatic heterocycles. The van der Waals surface area contributed by atoms with Crippen molar-refractivity contribution in [3.05, 3.63) is 23.7 Å². The number of furan rings is 1. The number of nitrogens with zero attached hydrogens (tertiary/aromatic N) is 1. The molecular weight excluding hydrogens is 164 g/mol. The van der Waals surface area contributed by atoms with Gasteiger partial charge in [-0.15, -0.1) is 6.42 Å². The van der Waals surface area contributed by atoms with Crippen molar-refractivity contribution >= 4 is 0 Å². The lowest BCUT2D eigenvalue weighted by molar-refractivity contribution is 0.363. The maximum atomic E-state index is 5.49. The molecule has 13 heavy (non-hydrogen) atoms. The first-order chi connectivity index (χ1) is 6.27. The number of terminal acetylenes is 1. The van der Waals surface area contributed by atoms with Gasteiger partial charge in [-0.05, 0) is 13.1 Å². The minimum atomic E-state index is 0.437. The third-order valence-corrected chi connectivity index (χ3v) is 1.82.